The van der Waals surface area contributed by atoms with Gasteiger partial charge in [0.25, 0.3) is 0 Å². The van der Waals surface area contributed by atoms with Crippen molar-refractivity contribution >= 4 is 18.5 Å². The summed E-state index contributed by atoms with van der Waals surface area (Å²) in [5.74, 6) is 0.999. The van der Waals surface area contributed by atoms with Crippen LogP contribution >= 0.6 is 0 Å². The molecule has 1 saturated heterocycles. The number of aromatic nitrogens is 2. The van der Waals surface area contributed by atoms with Crippen molar-refractivity contribution in [3.8, 4) is 5.88 Å². The zero-order chi connectivity index (χ0) is 15.0. The van der Waals surface area contributed by atoms with Gasteiger partial charge in [0.1, 0.15) is 0 Å². The van der Waals surface area contributed by atoms with Gasteiger partial charge in [0.2, 0.25) is 11.8 Å². The second-order valence-corrected chi connectivity index (χ2v) is 5.73. The summed E-state index contributed by atoms with van der Waals surface area (Å²) in [6.07, 6.45) is 1.69. The molecule has 0 spiro atoms. The van der Waals surface area contributed by atoms with Crippen LogP contribution in [0, 0.1) is 0 Å². The number of ether oxygens (including phenoxy) is 1. The summed E-state index contributed by atoms with van der Waals surface area (Å²) in [4.78, 5) is 8.53. The normalized spacial score (nSPS) is 20.0. The minimum absolute atomic E-state index is 0.400. The Bertz CT molecular complexity index is 478. The first-order valence-corrected chi connectivity index (χ1v) is 6.84. The van der Waals surface area contributed by atoms with Crippen molar-refractivity contribution in [3.63, 3.8) is 0 Å². The van der Waals surface area contributed by atoms with Crippen LogP contribution in [0.2, 0.25) is 0 Å². The molecule has 1 aromatic rings. The van der Waals surface area contributed by atoms with Gasteiger partial charge in [-0.15, -0.1) is 0 Å². The van der Waals surface area contributed by atoms with Crippen LogP contribution in [0.15, 0.2) is 6.20 Å². The smallest absolute Gasteiger partial charge is 0.478 e. The van der Waals surface area contributed by atoms with E-state index in [-0.39, 0.29) is 0 Å². The summed E-state index contributed by atoms with van der Waals surface area (Å²) in [6, 6.07) is 0. The van der Waals surface area contributed by atoms with Gasteiger partial charge in [-0.1, -0.05) is 0 Å². The first kappa shape index (κ1) is 15.1. The summed E-state index contributed by atoms with van der Waals surface area (Å²) in [7, 11) is 1.24. The molecule has 1 aliphatic heterocycles. The lowest BCUT2D eigenvalue weighted by atomic mass is 9.81. The van der Waals surface area contributed by atoms with E-state index in [9.17, 15) is 0 Å². The molecule has 0 amide bonds. The van der Waals surface area contributed by atoms with E-state index in [1.807, 2.05) is 34.6 Å². The molecular formula is C13H22BN3O3. The zero-order valence-corrected chi connectivity index (χ0v) is 13.0. The lowest BCUT2D eigenvalue weighted by Crippen LogP contribution is -2.41. The van der Waals surface area contributed by atoms with Gasteiger partial charge >= 0.3 is 7.12 Å². The van der Waals surface area contributed by atoms with Crippen LogP contribution < -0.4 is 15.5 Å². The van der Waals surface area contributed by atoms with Gasteiger partial charge in [-0.05, 0) is 34.6 Å². The molecule has 0 aromatic carbocycles. The van der Waals surface area contributed by atoms with Gasteiger partial charge in [-0.25, -0.2) is 4.98 Å². The molecule has 2 rings (SSSR count). The Hall–Kier alpha value is -1.34. The number of hydrogen-bond donors (Lipinski definition) is 1. The Morgan fingerprint density at radius 2 is 1.85 bits per heavy atom. The van der Waals surface area contributed by atoms with Crippen LogP contribution in [0.25, 0.3) is 0 Å². The molecule has 0 bridgehead atoms. The molecule has 6 nitrogen and oxygen atoms in total. The maximum atomic E-state index is 6.01. The fourth-order valence-electron chi connectivity index (χ4n) is 1.88. The molecule has 0 radical (unpaired) electrons. The molecule has 1 fully saturated rings. The number of anilines is 1. The third kappa shape index (κ3) is 2.60. The van der Waals surface area contributed by atoms with Crippen molar-refractivity contribution in [2.45, 2.75) is 45.8 Å². The zero-order valence-electron chi connectivity index (χ0n) is 13.0. The number of rotatable bonds is 4. The van der Waals surface area contributed by atoms with Crippen LogP contribution in [0.1, 0.15) is 34.6 Å². The predicted octanol–water partition coefficient (Wildman–Crippen LogP) is 1.22. The van der Waals surface area contributed by atoms with E-state index >= 15 is 0 Å². The topological polar surface area (TPSA) is 65.5 Å². The van der Waals surface area contributed by atoms with Crippen LogP contribution in [-0.4, -0.2) is 41.9 Å². The summed E-state index contributed by atoms with van der Waals surface area (Å²) >= 11 is 0. The average Bonchev–Trinajstić information content (AvgIpc) is 2.58. The lowest BCUT2D eigenvalue weighted by Gasteiger charge is -2.32. The van der Waals surface area contributed by atoms with Crippen LogP contribution in [0.5, 0.6) is 5.88 Å². The Balaban J connectivity index is 2.34. The van der Waals surface area contributed by atoms with Crippen molar-refractivity contribution < 1.29 is 14.0 Å². The minimum Gasteiger partial charge on any atom is -0.478 e. The molecule has 7 heteroatoms. The van der Waals surface area contributed by atoms with Gasteiger partial charge in [0.05, 0.1) is 23.3 Å². The Kier molecular flexibility index (Phi) is 3.93. The lowest BCUT2D eigenvalue weighted by molar-refractivity contribution is 0.00578. The van der Waals surface area contributed by atoms with Crippen molar-refractivity contribution in [2.24, 2.45) is 0 Å². The van der Waals surface area contributed by atoms with Gasteiger partial charge in [0, 0.05) is 13.2 Å². The molecule has 0 atom stereocenters. The average molecular weight is 279 g/mol. The second kappa shape index (κ2) is 5.22. The van der Waals surface area contributed by atoms with E-state index in [0.29, 0.717) is 23.9 Å². The van der Waals surface area contributed by atoms with Crippen LogP contribution in [0.4, 0.5) is 5.95 Å². The van der Waals surface area contributed by atoms with Gasteiger partial charge < -0.3 is 19.4 Å². The molecule has 20 heavy (non-hydrogen) atoms. The highest BCUT2D eigenvalue weighted by molar-refractivity contribution is 6.63. The summed E-state index contributed by atoms with van der Waals surface area (Å²) in [6.45, 7) is 10.5. The van der Waals surface area contributed by atoms with Gasteiger partial charge in [0.15, 0.2) is 0 Å². The number of nitrogens with zero attached hydrogens (tertiary/aromatic N) is 2. The highest BCUT2D eigenvalue weighted by atomic mass is 16.7. The number of nitrogens with one attached hydrogen (secondary N) is 1. The van der Waals surface area contributed by atoms with E-state index in [0.717, 1.165) is 0 Å². The maximum Gasteiger partial charge on any atom is 0.502 e. The first-order chi connectivity index (χ1) is 9.30. The first-order valence-electron chi connectivity index (χ1n) is 6.84. The highest BCUT2D eigenvalue weighted by Crippen LogP contribution is 2.37. The molecule has 0 unspecified atom stereocenters. The second-order valence-electron chi connectivity index (χ2n) is 5.73. The van der Waals surface area contributed by atoms with Gasteiger partial charge in [-0.2, -0.15) is 4.98 Å². The van der Waals surface area contributed by atoms with Gasteiger partial charge in [-0.3, -0.25) is 0 Å². The van der Waals surface area contributed by atoms with Crippen LogP contribution in [0.3, 0.4) is 0 Å². The standard InChI is InChI=1S/C13H22BN3O3/c1-7-18-10-9(8-16-11(15-6)17-10)14-19-12(2,3)13(4,5)20-14/h8H,7H2,1-6H3,(H,15,16,17). The van der Waals surface area contributed by atoms with Crippen LogP contribution in [-0.2, 0) is 9.31 Å². The SMILES string of the molecule is CCOc1nc(NC)ncc1B1OC(C)(C)C(C)(C)O1. The number of hydrogen-bond acceptors (Lipinski definition) is 6. The minimum atomic E-state index is -0.521. The molecule has 1 aromatic heterocycles. The molecule has 1 aliphatic rings. The molecular weight excluding hydrogens is 257 g/mol. The molecule has 110 valence electrons. The summed E-state index contributed by atoms with van der Waals surface area (Å²) < 4.78 is 17.6. The fraction of sp³-hybridized carbons (Fsp3) is 0.692. The Labute approximate surface area is 120 Å². The van der Waals surface area contributed by atoms with E-state index in [4.69, 9.17) is 14.0 Å². The molecule has 0 aliphatic carbocycles. The van der Waals surface area contributed by atoms with Crippen molar-refractivity contribution in [3.05, 3.63) is 6.20 Å². The summed E-state index contributed by atoms with van der Waals surface area (Å²) in [5.41, 5.74) is -0.0874. The quantitative estimate of drug-likeness (QED) is 0.836. The largest absolute Gasteiger partial charge is 0.502 e. The third-order valence-corrected chi connectivity index (χ3v) is 3.79. The van der Waals surface area contributed by atoms with Crippen molar-refractivity contribution in [2.75, 3.05) is 19.0 Å². The van der Waals surface area contributed by atoms with E-state index < -0.39 is 18.3 Å². The van der Waals surface area contributed by atoms with Crippen molar-refractivity contribution in [1.29, 1.82) is 0 Å². The maximum absolute atomic E-state index is 6.01. The summed E-state index contributed by atoms with van der Waals surface area (Å²) in [5, 5.41) is 2.89. The fourth-order valence-corrected chi connectivity index (χ4v) is 1.88. The molecule has 1 N–H and O–H groups in total. The predicted molar refractivity (Wildman–Crippen MR) is 78.5 cm³/mol. The highest BCUT2D eigenvalue weighted by Gasteiger charge is 2.52. The van der Waals surface area contributed by atoms with E-state index in [1.165, 1.54) is 0 Å². The van der Waals surface area contributed by atoms with Crippen molar-refractivity contribution in [1.82, 2.24) is 9.97 Å². The Morgan fingerprint density at radius 3 is 2.35 bits per heavy atom. The Morgan fingerprint density at radius 1 is 1.25 bits per heavy atom. The van der Waals surface area contributed by atoms with E-state index in [1.54, 1.807) is 13.2 Å². The molecule has 2 heterocycles. The molecule has 0 saturated carbocycles. The monoisotopic (exact) mass is 279 g/mol. The third-order valence-electron chi connectivity index (χ3n) is 3.79. The van der Waals surface area contributed by atoms with E-state index in [2.05, 4.69) is 15.3 Å².